The minimum absolute atomic E-state index is 0.182. The number of aryl methyl sites for hydroxylation is 1. The van der Waals surface area contributed by atoms with Crippen molar-refractivity contribution in [3.8, 4) is 0 Å². The highest BCUT2D eigenvalue weighted by molar-refractivity contribution is 7.90. The molecule has 0 saturated heterocycles. The zero-order valence-electron chi connectivity index (χ0n) is 11.7. The number of benzene rings is 1. The van der Waals surface area contributed by atoms with E-state index in [-0.39, 0.29) is 10.9 Å². The first-order chi connectivity index (χ1) is 9.86. The van der Waals surface area contributed by atoms with Crippen LogP contribution in [0.1, 0.15) is 10.4 Å². The van der Waals surface area contributed by atoms with Crippen molar-refractivity contribution >= 4 is 32.9 Å². The molecule has 1 aromatic heterocycles. The van der Waals surface area contributed by atoms with E-state index in [0.717, 1.165) is 16.7 Å². The summed E-state index contributed by atoms with van der Waals surface area (Å²) < 4.78 is 23.1. The van der Waals surface area contributed by atoms with Gasteiger partial charge in [0.2, 0.25) is 0 Å². The first-order valence-electron chi connectivity index (χ1n) is 6.24. The van der Waals surface area contributed by atoms with Crippen molar-refractivity contribution in [3.05, 3.63) is 46.2 Å². The summed E-state index contributed by atoms with van der Waals surface area (Å²) in [6.07, 6.45) is 1.14. The highest BCUT2D eigenvalue weighted by Gasteiger charge is 2.11. The van der Waals surface area contributed by atoms with Gasteiger partial charge < -0.3 is 10.6 Å². The van der Waals surface area contributed by atoms with Crippen molar-refractivity contribution in [1.29, 1.82) is 0 Å². The number of urea groups is 1. The fourth-order valence-electron chi connectivity index (χ4n) is 1.71. The van der Waals surface area contributed by atoms with E-state index in [1.807, 2.05) is 17.5 Å². The average Bonchev–Trinajstić information content (AvgIpc) is 2.91. The highest BCUT2D eigenvalue weighted by Crippen LogP contribution is 2.20. The van der Waals surface area contributed by atoms with Gasteiger partial charge in [0, 0.05) is 16.8 Å². The van der Waals surface area contributed by atoms with E-state index in [1.54, 1.807) is 24.3 Å². The van der Waals surface area contributed by atoms with Gasteiger partial charge in [0.25, 0.3) is 0 Å². The fraction of sp³-hybridized carbons (Fsp3) is 0.214. The van der Waals surface area contributed by atoms with Crippen LogP contribution in [-0.4, -0.2) is 20.7 Å². The van der Waals surface area contributed by atoms with Crippen molar-refractivity contribution in [3.63, 3.8) is 0 Å². The molecule has 0 radical (unpaired) electrons. The maximum absolute atomic E-state index is 11.9. The molecule has 1 heterocycles. The largest absolute Gasteiger partial charge is 0.333 e. The van der Waals surface area contributed by atoms with E-state index < -0.39 is 9.84 Å². The Labute approximate surface area is 127 Å². The van der Waals surface area contributed by atoms with Gasteiger partial charge in [0.05, 0.1) is 11.4 Å². The number of hydrogen-bond acceptors (Lipinski definition) is 4. The Balaban J connectivity index is 2.06. The quantitative estimate of drug-likeness (QED) is 0.908. The number of anilines is 1. The maximum atomic E-state index is 11.9. The van der Waals surface area contributed by atoms with E-state index in [4.69, 9.17) is 0 Å². The molecule has 0 saturated carbocycles. The first kappa shape index (κ1) is 15.5. The molecule has 112 valence electrons. The van der Waals surface area contributed by atoms with Crippen molar-refractivity contribution in [2.75, 3.05) is 11.6 Å². The van der Waals surface area contributed by atoms with Crippen molar-refractivity contribution in [1.82, 2.24) is 5.32 Å². The van der Waals surface area contributed by atoms with Crippen LogP contribution in [0.25, 0.3) is 0 Å². The molecule has 0 aliphatic rings. The third-order valence-electron chi connectivity index (χ3n) is 2.89. The minimum Gasteiger partial charge on any atom is -0.333 e. The Morgan fingerprint density at radius 2 is 2.05 bits per heavy atom. The van der Waals surface area contributed by atoms with Crippen LogP contribution in [0.2, 0.25) is 0 Å². The highest BCUT2D eigenvalue weighted by atomic mass is 32.2. The van der Waals surface area contributed by atoms with Crippen LogP contribution in [0.3, 0.4) is 0 Å². The summed E-state index contributed by atoms with van der Waals surface area (Å²) >= 11 is 1.56. The molecule has 0 aliphatic carbocycles. The van der Waals surface area contributed by atoms with Crippen LogP contribution in [0.15, 0.2) is 40.6 Å². The zero-order valence-corrected chi connectivity index (χ0v) is 13.3. The summed E-state index contributed by atoms with van der Waals surface area (Å²) in [6.45, 7) is 2.25. The molecule has 2 aromatic rings. The lowest BCUT2D eigenvalue weighted by molar-refractivity contribution is 0.252. The van der Waals surface area contributed by atoms with Crippen LogP contribution >= 0.6 is 11.3 Å². The van der Waals surface area contributed by atoms with Crippen molar-refractivity contribution in [2.45, 2.75) is 18.4 Å². The van der Waals surface area contributed by atoms with Crippen LogP contribution < -0.4 is 10.6 Å². The Morgan fingerprint density at radius 3 is 2.67 bits per heavy atom. The van der Waals surface area contributed by atoms with Gasteiger partial charge in [-0.2, -0.15) is 0 Å². The number of nitrogens with one attached hydrogen (secondary N) is 2. The molecule has 7 heteroatoms. The van der Waals surface area contributed by atoms with Crippen LogP contribution in [0, 0.1) is 6.92 Å². The Morgan fingerprint density at radius 1 is 1.29 bits per heavy atom. The summed E-state index contributed by atoms with van der Waals surface area (Å²) in [5.74, 6) is 0. The van der Waals surface area contributed by atoms with Crippen LogP contribution in [0.4, 0.5) is 10.5 Å². The second-order valence-corrected chi connectivity index (χ2v) is 7.68. The molecule has 2 amide bonds. The number of carbonyl (C=O) groups is 1. The Hall–Kier alpha value is -1.86. The molecule has 2 rings (SSSR count). The molecule has 0 bridgehead atoms. The van der Waals surface area contributed by atoms with Gasteiger partial charge in [-0.3, -0.25) is 0 Å². The minimum atomic E-state index is -3.30. The Bertz CT molecular complexity index is 738. The molecule has 0 spiro atoms. The second kappa shape index (κ2) is 6.28. The predicted octanol–water partition coefficient (Wildman–Crippen LogP) is 2.78. The molecule has 0 fully saturated rings. The van der Waals surface area contributed by atoms with Crippen molar-refractivity contribution < 1.29 is 13.2 Å². The number of amides is 2. The van der Waals surface area contributed by atoms with E-state index in [1.165, 1.54) is 12.1 Å². The molecule has 1 aromatic carbocycles. The molecular formula is C14H16N2O3S2. The predicted molar refractivity (Wildman–Crippen MR) is 84.5 cm³/mol. The van der Waals surface area contributed by atoms with Gasteiger partial charge in [0.15, 0.2) is 9.84 Å². The van der Waals surface area contributed by atoms with Crippen molar-refractivity contribution in [2.24, 2.45) is 0 Å². The summed E-state index contributed by atoms with van der Waals surface area (Å²) in [7, 11) is -3.30. The number of sulfone groups is 1. The third-order valence-corrected chi connectivity index (χ3v) is 4.88. The summed E-state index contributed by atoms with van der Waals surface area (Å²) in [5, 5.41) is 7.34. The topological polar surface area (TPSA) is 75.3 Å². The van der Waals surface area contributed by atoms with Gasteiger partial charge in [0.1, 0.15) is 0 Å². The Kier molecular flexibility index (Phi) is 4.64. The average molecular weight is 324 g/mol. The SMILES string of the molecule is Cc1ccc(S(C)(=O)=O)cc1NC(=O)NCc1cccs1. The number of hydrogen-bond donors (Lipinski definition) is 2. The van der Waals surface area contributed by atoms with Gasteiger partial charge >= 0.3 is 6.03 Å². The first-order valence-corrected chi connectivity index (χ1v) is 9.01. The molecule has 5 nitrogen and oxygen atoms in total. The summed E-state index contributed by atoms with van der Waals surface area (Å²) in [6, 6.07) is 8.15. The smallest absolute Gasteiger partial charge is 0.319 e. The fourth-order valence-corrected chi connectivity index (χ4v) is 3.01. The van der Waals surface area contributed by atoms with E-state index >= 15 is 0 Å². The van der Waals surface area contributed by atoms with Crippen LogP contribution in [0.5, 0.6) is 0 Å². The normalized spacial score (nSPS) is 11.1. The molecule has 0 atom stereocenters. The van der Waals surface area contributed by atoms with E-state index in [0.29, 0.717) is 12.2 Å². The zero-order chi connectivity index (χ0) is 15.5. The van der Waals surface area contributed by atoms with E-state index in [9.17, 15) is 13.2 Å². The lowest BCUT2D eigenvalue weighted by Gasteiger charge is -2.10. The number of carbonyl (C=O) groups excluding carboxylic acids is 1. The molecule has 0 aliphatic heterocycles. The molecule has 2 N–H and O–H groups in total. The maximum Gasteiger partial charge on any atom is 0.319 e. The second-order valence-electron chi connectivity index (χ2n) is 4.64. The summed E-state index contributed by atoms with van der Waals surface area (Å²) in [5.41, 5.74) is 1.29. The summed E-state index contributed by atoms with van der Waals surface area (Å²) in [4.78, 5) is 13.1. The lowest BCUT2D eigenvalue weighted by Crippen LogP contribution is -2.28. The molecular weight excluding hydrogens is 308 g/mol. The van der Waals surface area contributed by atoms with Gasteiger partial charge in [-0.05, 0) is 36.1 Å². The van der Waals surface area contributed by atoms with Gasteiger partial charge in [-0.25, -0.2) is 13.2 Å². The number of rotatable bonds is 4. The lowest BCUT2D eigenvalue weighted by atomic mass is 10.2. The van der Waals surface area contributed by atoms with Gasteiger partial charge in [-0.1, -0.05) is 12.1 Å². The monoisotopic (exact) mass is 324 g/mol. The van der Waals surface area contributed by atoms with E-state index in [2.05, 4.69) is 10.6 Å². The number of thiophene rings is 1. The molecule has 21 heavy (non-hydrogen) atoms. The molecule has 0 unspecified atom stereocenters. The standard InChI is InChI=1S/C14H16N2O3S2/c1-10-5-6-12(21(2,18)19)8-13(10)16-14(17)15-9-11-4-3-7-20-11/h3-8H,9H2,1-2H3,(H2,15,16,17). The third kappa shape index (κ3) is 4.30. The van der Waals surface area contributed by atoms with Gasteiger partial charge in [-0.15, -0.1) is 11.3 Å². The van der Waals surface area contributed by atoms with Crippen LogP contribution in [-0.2, 0) is 16.4 Å².